The Balaban J connectivity index is 1.57. The van der Waals surface area contributed by atoms with E-state index in [1.165, 1.54) is 6.39 Å². The number of hydrogen-bond donors (Lipinski definition) is 1. The zero-order valence-corrected chi connectivity index (χ0v) is 12.7. The van der Waals surface area contributed by atoms with Crippen LogP contribution in [-0.4, -0.2) is 47.6 Å². The lowest BCUT2D eigenvalue weighted by molar-refractivity contribution is -0.139. The number of carbonyl (C=O) groups is 1. The Morgan fingerprint density at radius 3 is 3.05 bits per heavy atom. The fraction of sp³-hybridized carbons (Fsp3) is 0.733. The minimum Gasteiger partial charge on any atom is -0.448 e. The van der Waals surface area contributed by atoms with Gasteiger partial charge in [-0.25, -0.2) is 4.98 Å². The molecule has 2 fully saturated rings. The molecule has 1 saturated heterocycles. The summed E-state index contributed by atoms with van der Waals surface area (Å²) in [7, 11) is 0. The molecule has 3 rings (SSSR count). The van der Waals surface area contributed by atoms with Gasteiger partial charge < -0.3 is 14.5 Å². The Kier molecular flexibility index (Phi) is 4.26. The van der Waals surface area contributed by atoms with Gasteiger partial charge in [-0.05, 0) is 12.8 Å². The molecule has 0 spiro atoms. The summed E-state index contributed by atoms with van der Waals surface area (Å²) in [4.78, 5) is 18.6. The van der Waals surface area contributed by atoms with Gasteiger partial charge in [0, 0.05) is 31.6 Å². The van der Waals surface area contributed by atoms with E-state index in [0.717, 1.165) is 30.8 Å². The van der Waals surface area contributed by atoms with E-state index in [1.807, 2.05) is 0 Å². The van der Waals surface area contributed by atoms with Crippen molar-refractivity contribution in [3.8, 4) is 0 Å². The summed E-state index contributed by atoms with van der Waals surface area (Å²) >= 11 is 0. The average molecular weight is 293 g/mol. The summed E-state index contributed by atoms with van der Waals surface area (Å²) in [6, 6.07) is 0.375. The standard InChI is InChI=1S/C15H23N3O3/c1-10(2)14-12(16-9-21-14)7-18-5-6-20-13(8-18)15(19)17-11-3-4-11/h9-11,13H,3-8H2,1-2H3,(H,17,19). The van der Waals surface area contributed by atoms with Crippen LogP contribution >= 0.6 is 0 Å². The van der Waals surface area contributed by atoms with Gasteiger partial charge in [0.15, 0.2) is 6.39 Å². The monoisotopic (exact) mass is 293 g/mol. The van der Waals surface area contributed by atoms with Crippen LogP contribution in [0.25, 0.3) is 0 Å². The molecule has 1 aromatic heterocycles. The molecular formula is C15H23N3O3. The van der Waals surface area contributed by atoms with Crippen LogP contribution < -0.4 is 5.32 Å². The number of hydrogen-bond acceptors (Lipinski definition) is 5. The minimum absolute atomic E-state index is 0.0198. The number of morpholine rings is 1. The van der Waals surface area contributed by atoms with Gasteiger partial charge in [0.1, 0.15) is 11.9 Å². The van der Waals surface area contributed by atoms with Crippen molar-refractivity contribution in [3.05, 3.63) is 17.8 Å². The lowest BCUT2D eigenvalue weighted by Gasteiger charge is -2.31. The molecule has 0 radical (unpaired) electrons. The summed E-state index contributed by atoms with van der Waals surface area (Å²) in [6.45, 7) is 6.91. The Bertz CT molecular complexity index is 496. The van der Waals surface area contributed by atoms with Crippen molar-refractivity contribution >= 4 is 5.91 Å². The van der Waals surface area contributed by atoms with Crippen LogP contribution in [0.5, 0.6) is 0 Å². The maximum Gasteiger partial charge on any atom is 0.250 e. The molecule has 6 heteroatoms. The van der Waals surface area contributed by atoms with E-state index >= 15 is 0 Å². The van der Waals surface area contributed by atoms with Crippen LogP contribution in [0, 0.1) is 0 Å². The maximum atomic E-state index is 12.1. The van der Waals surface area contributed by atoms with Crippen molar-refractivity contribution in [1.29, 1.82) is 0 Å². The minimum atomic E-state index is -0.367. The molecule has 21 heavy (non-hydrogen) atoms. The van der Waals surface area contributed by atoms with Crippen molar-refractivity contribution in [1.82, 2.24) is 15.2 Å². The SMILES string of the molecule is CC(C)c1ocnc1CN1CCOC(C(=O)NC2CC2)C1. The summed E-state index contributed by atoms with van der Waals surface area (Å²) < 4.78 is 11.1. The van der Waals surface area contributed by atoms with Gasteiger partial charge in [-0.15, -0.1) is 0 Å². The highest BCUT2D eigenvalue weighted by Gasteiger charge is 2.31. The first-order valence-electron chi connectivity index (χ1n) is 7.70. The third-order valence-electron chi connectivity index (χ3n) is 3.94. The number of ether oxygens (including phenoxy) is 1. The molecule has 116 valence electrons. The average Bonchev–Trinajstić information content (AvgIpc) is 3.15. The van der Waals surface area contributed by atoms with Crippen molar-refractivity contribution in [3.63, 3.8) is 0 Å². The van der Waals surface area contributed by atoms with Crippen LogP contribution in [0.4, 0.5) is 0 Å². The Hall–Kier alpha value is -1.40. The van der Waals surface area contributed by atoms with Crippen molar-refractivity contribution in [2.45, 2.75) is 51.3 Å². The molecular weight excluding hydrogens is 270 g/mol. The molecule has 1 atom stereocenters. The Labute approximate surface area is 124 Å². The number of carbonyl (C=O) groups excluding carboxylic acids is 1. The van der Waals surface area contributed by atoms with Gasteiger partial charge in [-0.1, -0.05) is 13.8 Å². The molecule has 0 bridgehead atoms. The molecule has 1 aliphatic heterocycles. The maximum absolute atomic E-state index is 12.1. The van der Waals surface area contributed by atoms with Gasteiger partial charge >= 0.3 is 0 Å². The number of rotatable bonds is 5. The predicted octanol–water partition coefficient (Wildman–Crippen LogP) is 1.28. The number of nitrogens with zero attached hydrogens (tertiary/aromatic N) is 2. The summed E-state index contributed by atoms with van der Waals surface area (Å²) in [5.41, 5.74) is 0.966. The summed E-state index contributed by atoms with van der Waals surface area (Å²) in [6.07, 6.45) is 3.33. The highest BCUT2D eigenvalue weighted by Crippen LogP contribution is 2.21. The molecule has 1 unspecified atom stereocenters. The first-order valence-corrected chi connectivity index (χ1v) is 7.70. The second-order valence-electron chi connectivity index (χ2n) is 6.20. The zero-order chi connectivity index (χ0) is 14.8. The van der Waals surface area contributed by atoms with Crippen LogP contribution in [0.1, 0.15) is 44.1 Å². The number of aromatic nitrogens is 1. The van der Waals surface area contributed by atoms with E-state index in [4.69, 9.17) is 9.15 Å². The van der Waals surface area contributed by atoms with Crippen LogP contribution in [0.2, 0.25) is 0 Å². The molecule has 2 aliphatic rings. The molecule has 0 aromatic carbocycles. The van der Waals surface area contributed by atoms with Crippen LogP contribution in [-0.2, 0) is 16.1 Å². The topological polar surface area (TPSA) is 67.6 Å². The zero-order valence-electron chi connectivity index (χ0n) is 12.7. The number of amides is 1. The first-order chi connectivity index (χ1) is 10.1. The highest BCUT2D eigenvalue weighted by molar-refractivity contribution is 5.81. The normalized spacial score (nSPS) is 23.5. The molecule has 1 amide bonds. The van der Waals surface area contributed by atoms with Crippen LogP contribution in [0.3, 0.4) is 0 Å². The quantitative estimate of drug-likeness (QED) is 0.885. The third kappa shape index (κ3) is 3.63. The van der Waals surface area contributed by atoms with Gasteiger partial charge in [-0.2, -0.15) is 0 Å². The molecule has 1 saturated carbocycles. The highest BCUT2D eigenvalue weighted by atomic mass is 16.5. The summed E-state index contributed by atoms with van der Waals surface area (Å²) in [5, 5.41) is 3.01. The molecule has 2 heterocycles. The van der Waals surface area contributed by atoms with Gasteiger partial charge in [0.25, 0.3) is 5.91 Å². The lowest BCUT2D eigenvalue weighted by Crippen LogP contribution is -2.50. The van der Waals surface area contributed by atoms with Crippen molar-refractivity contribution in [2.75, 3.05) is 19.7 Å². The van der Waals surface area contributed by atoms with E-state index in [0.29, 0.717) is 31.7 Å². The predicted molar refractivity (Wildman–Crippen MR) is 76.8 cm³/mol. The van der Waals surface area contributed by atoms with Gasteiger partial charge in [-0.3, -0.25) is 9.69 Å². The number of oxazole rings is 1. The lowest BCUT2D eigenvalue weighted by atomic mass is 10.1. The largest absolute Gasteiger partial charge is 0.448 e. The van der Waals surface area contributed by atoms with Crippen LogP contribution in [0.15, 0.2) is 10.8 Å². The van der Waals surface area contributed by atoms with E-state index in [1.54, 1.807) is 0 Å². The molecule has 6 nitrogen and oxygen atoms in total. The fourth-order valence-corrected chi connectivity index (χ4v) is 2.60. The van der Waals surface area contributed by atoms with E-state index < -0.39 is 0 Å². The van der Waals surface area contributed by atoms with Gasteiger partial charge in [0.2, 0.25) is 0 Å². The molecule has 1 aromatic rings. The van der Waals surface area contributed by atoms with Crippen molar-refractivity contribution in [2.24, 2.45) is 0 Å². The molecule has 1 aliphatic carbocycles. The van der Waals surface area contributed by atoms with E-state index in [2.05, 4.69) is 29.0 Å². The third-order valence-corrected chi connectivity index (χ3v) is 3.94. The van der Waals surface area contributed by atoms with E-state index in [-0.39, 0.29) is 12.0 Å². The van der Waals surface area contributed by atoms with E-state index in [9.17, 15) is 4.79 Å². The Morgan fingerprint density at radius 1 is 1.52 bits per heavy atom. The van der Waals surface area contributed by atoms with Crippen molar-refractivity contribution < 1.29 is 13.9 Å². The second-order valence-corrected chi connectivity index (χ2v) is 6.20. The Morgan fingerprint density at radius 2 is 2.33 bits per heavy atom. The number of nitrogens with one attached hydrogen (secondary N) is 1. The smallest absolute Gasteiger partial charge is 0.250 e. The van der Waals surface area contributed by atoms with Gasteiger partial charge in [0.05, 0.1) is 12.3 Å². The second kappa shape index (κ2) is 6.15. The first kappa shape index (κ1) is 14.5. The molecule has 1 N–H and O–H groups in total. The fourth-order valence-electron chi connectivity index (χ4n) is 2.60. The summed E-state index contributed by atoms with van der Waals surface area (Å²) in [5.74, 6) is 1.27.